The minimum Gasteiger partial charge on any atom is -0.489 e. The van der Waals surface area contributed by atoms with E-state index in [1.54, 1.807) is 42.5 Å². The molecule has 0 N–H and O–H groups in total. The first kappa shape index (κ1) is 22.0. The minimum atomic E-state index is -0.488. The number of ether oxygens (including phenoxy) is 1. The second kappa shape index (κ2) is 9.54. The molecule has 8 heteroatoms. The first-order chi connectivity index (χ1) is 15.4. The van der Waals surface area contributed by atoms with Crippen molar-refractivity contribution in [3.8, 4) is 5.75 Å². The lowest BCUT2D eigenvalue weighted by molar-refractivity contribution is -0.123. The van der Waals surface area contributed by atoms with E-state index in [2.05, 4.69) is 0 Å². The van der Waals surface area contributed by atoms with E-state index >= 15 is 0 Å². The molecule has 4 nitrogen and oxygen atoms in total. The van der Waals surface area contributed by atoms with E-state index < -0.39 is 17.0 Å². The standard InChI is InChI=1S/C24H16ClF2NO3S/c25-21-12-19(27)8-5-17(21)13-28-23(29)22(32-24(28)30)11-15-3-9-20(10-4-15)31-14-16-1-6-18(26)7-2-16/h1-12H,13-14H2/b22-11-. The Labute approximate surface area is 192 Å². The summed E-state index contributed by atoms with van der Waals surface area (Å²) < 4.78 is 31.9. The summed E-state index contributed by atoms with van der Waals surface area (Å²) in [4.78, 5) is 26.4. The summed E-state index contributed by atoms with van der Waals surface area (Å²) >= 11 is 6.85. The van der Waals surface area contributed by atoms with Crippen LogP contribution in [0.15, 0.2) is 71.6 Å². The zero-order valence-electron chi connectivity index (χ0n) is 16.6. The lowest BCUT2D eigenvalue weighted by atomic mass is 10.2. The smallest absolute Gasteiger partial charge is 0.293 e. The summed E-state index contributed by atoms with van der Waals surface area (Å²) in [6.07, 6.45) is 1.63. The molecule has 0 bridgehead atoms. The van der Waals surface area contributed by atoms with Crippen LogP contribution in [-0.2, 0) is 17.9 Å². The first-order valence-electron chi connectivity index (χ1n) is 9.55. The molecule has 4 rings (SSSR count). The molecular formula is C24H16ClF2NO3S. The third-order valence-electron chi connectivity index (χ3n) is 4.71. The molecule has 1 aliphatic rings. The van der Waals surface area contributed by atoms with E-state index in [1.807, 2.05) is 0 Å². The van der Waals surface area contributed by atoms with E-state index in [4.69, 9.17) is 16.3 Å². The van der Waals surface area contributed by atoms with Crippen molar-refractivity contribution >= 4 is 40.6 Å². The molecule has 2 amide bonds. The molecule has 0 saturated carbocycles. The first-order valence-corrected chi connectivity index (χ1v) is 10.7. The van der Waals surface area contributed by atoms with Crippen molar-refractivity contribution in [2.45, 2.75) is 13.2 Å². The molecule has 1 fully saturated rings. The maximum Gasteiger partial charge on any atom is 0.293 e. The second-order valence-corrected chi connectivity index (χ2v) is 8.39. The average molecular weight is 472 g/mol. The number of halogens is 3. The summed E-state index contributed by atoms with van der Waals surface area (Å²) in [5.74, 6) is -0.608. The highest BCUT2D eigenvalue weighted by Crippen LogP contribution is 2.34. The Kier molecular flexibility index (Phi) is 6.58. The summed E-state index contributed by atoms with van der Waals surface area (Å²) in [7, 11) is 0. The molecule has 0 aromatic heterocycles. The van der Waals surface area contributed by atoms with Gasteiger partial charge in [0.15, 0.2) is 0 Å². The van der Waals surface area contributed by atoms with E-state index in [9.17, 15) is 18.4 Å². The van der Waals surface area contributed by atoms with Crippen LogP contribution < -0.4 is 4.74 Å². The van der Waals surface area contributed by atoms with Gasteiger partial charge in [-0.15, -0.1) is 0 Å². The van der Waals surface area contributed by atoms with Gasteiger partial charge in [-0.2, -0.15) is 0 Å². The molecule has 0 atom stereocenters. The molecule has 0 aliphatic carbocycles. The number of hydrogen-bond donors (Lipinski definition) is 0. The molecule has 0 unspecified atom stereocenters. The van der Waals surface area contributed by atoms with Crippen LogP contribution in [0.5, 0.6) is 5.75 Å². The van der Waals surface area contributed by atoms with Gasteiger partial charge in [-0.05, 0) is 70.9 Å². The Morgan fingerprint density at radius 3 is 2.31 bits per heavy atom. The van der Waals surface area contributed by atoms with Gasteiger partial charge in [0.05, 0.1) is 11.4 Å². The van der Waals surface area contributed by atoms with Crippen molar-refractivity contribution in [1.82, 2.24) is 4.90 Å². The highest BCUT2D eigenvalue weighted by Gasteiger charge is 2.35. The lowest BCUT2D eigenvalue weighted by Gasteiger charge is -2.13. The number of amides is 2. The molecule has 1 saturated heterocycles. The zero-order chi connectivity index (χ0) is 22.7. The normalized spacial score (nSPS) is 15.0. The van der Waals surface area contributed by atoms with Crippen molar-refractivity contribution in [3.63, 3.8) is 0 Å². The number of benzene rings is 3. The molecule has 3 aromatic carbocycles. The zero-order valence-corrected chi connectivity index (χ0v) is 18.1. The third kappa shape index (κ3) is 5.18. The van der Waals surface area contributed by atoms with Crippen molar-refractivity contribution in [2.75, 3.05) is 0 Å². The highest BCUT2D eigenvalue weighted by atomic mass is 35.5. The SMILES string of the molecule is O=C1S/C(=C\c2ccc(OCc3ccc(F)cc3)cc2)C(=O)N1Cc1ccc(F)cc1Cl. The van der Waals surface area contributed by atoms with Crippen LogP contribution in [0.1, 0.15) is 16.7 Å². The van der Waals surface area contributed by atoms with Crippen molar-refractivity contribution in [3.05, 3.63) is 105 Å². The highest BCUT2D eigenvalue weighted by molar-refractivity contribution is 8.18. The van der Waals surface area contributed by atoms with Gasteiger partial charge in [0, 0.05) is 5.02 Å². The van der Waals surface area contributed by atoms with Gasteiger partial charge < -0.3 is 4.74 Å². The number of carbonyl (C=O) groups excluding carboxylic acids is 2. The van der Waals surface area contributed by atoms with Gasteiger partial charge >= 0.3 is 0 Å². The van der Waals surface area contributed by atoms with E-state index in [0.717, 1.165) is 33.9 Å². The summed E-state index contributed by atoms with van der Waals surface area (Å²) in [5.41, 5.74) is 2.05. The van der Waals surface area contributed by atoms with Crippen LogP contribution in [-0.4, -0.2) is 16.0 Å². The fourth-order valence-corrected chi connectivity index (χ4v) is 4.08. The maximum atomic E-state index is 13.2. The van der Waals surface area contributed by atoms with Gasteiger partial charge in [0.25, 0.3) is 11.1 Å². The van der Waals surface area contributed by atoms with Crippen molar-refractivity contribution in [1.29, 1.82) is 0 Å². The van der Waals surface area contributed by atoms with Gasteiger partial charge in [0.2, 0.25) is 0 Å². The minimum absolute atomic E-state index is 0.0305. The van der Waals surface area contributed by atoms with E-state index in [-0.39, 0.29) is 22.3 Å². The second-order valence-electron chi connectivity index (χ2n) is 6.99. The van der Waals surface area contributed by atoms with Crippen molar-refractivity contribution in [2.24, 2.45) is 0 Å². The molecule has 1 heterocycles. The fourth-order valence-electron chi connectivity index (χ4n) is 3.02. The van der Waals surface area contributed by atoms with Crippen LogP contribution in [0, 0.1) is 11.6 Å². The number of hydrogen-bond acceptors (Lipinski definition) is 4. The van der Waals surface area contributed by atoms with Gasteiger partial charge in [-0.3, -0.25) is 14.5 Å². The van der Waals surface area contributed by atoms with Crippen LogP contribution in [0.2, 0.25) is 5.02 Å². The Balaban J connectivity index is 1.41. The van der Waals surface area contributed by atoms with Gasteiger partial charge in [0.1, 0.15) is 24.0 Å². The predicted molar refractivity (Wildman–Crippen MR) is 120 cm³/mol. The summed E-state index contributed by atoms with van der Waals surface area (Å²) in [5, 5.41) is -0.259. The van der Waals surface area contributed by atoms with Crippen LogP contribution in [0.4, 0.5) is 13.6 Å². The topological polar surface area (TPSA) is 46.6 Å². The molecular weight excluding hydrogens is 456 g/mol. The Morgan fingerprint density at radius 2 is 1.62 bits per heavy atom. The van der Waals surface area contributed by atoms with Crippen molar-refractivity contribution < 1.29 is 23.1 Å². The molecule has 32 heavy (non-hydrogen) atoms. The fraction of sp³-hybridized carbons (Fsp3) is 0.0833. The monoisotopic (exact) mass is 471 g/mol. The molecule has 162 valence electrons. The predicted octanol–water partition coefficient (Wildman–Crippen LogP) is 6.43. The molecule has 0 radical (unpaired) electrons. The van der Waals surface area contributed by atoms with E-state index in [0.29, 0.717) is 17.9 Å². The Bertz CT molecular complexity index is 1200. The Morgan fingerprint density at radius 1 is 0.938 bits per heavy atom. The number of imide groups is 1. The van der Waals surface area contributed by atoms with Gasteiger partial charge in [-0.25, -0.2) is 8.78 Å². The summed E-state index contributed by atoms with van der Waals surface area (Å²) in [6, 6.07) is 16.9. The van der Waals surface area contributed by atoms with E-state index in [1.165, 1.54) is 24.3 Å². The average Bonchev–Trinajstić information content (AvgIpc) is 3.03. The lowest BCUT2D eigenvalue weighted by Crippen LogP contribution is -2.27. The number of rotatable bonds is 6. The van der Waals surface area contributed by atoms with Crippen LogP contribution in [0.3, 0.4) is 0 Å². The number of thioether (sulfide) groups is 1. The molecule has 0 spiro atoms. The Hall–Kier alpha value is -3.16. The largest absolute Gasteiger partial charge is 0.489 e. The molecule has 1 aliphatic heterocycles. The summed E-state index contributed by atoms with van der Waals surface area (Å²) in [6.45, 7) is 0.266. The number of nitrogens with zero attached hydrogens (tertiary/aromatic N) is 1. The maximum absolute atomic E-state index is 13.2. The van der Waals surface area contributed by atoms with Crippen LogP contribution >= 0.6 is 23.4 Å². The molecule has 3 aromatic rings. The quantitative estimate of drug-likeness (QED) is 0.388. The third-order valence-corrected chi connectivity index (χ3v) is 5.97. The number of carbonyl (C=O) groups is 2. The van der Waals surface area contributed by atoms with Gasteiger partial charge in [-0.1, -0.05) is 41.9 Å². The van der Waals surface area contributed by atoms with Crippen LogP contribution in [0.25, 0.3) is 6.08 Å².